The highest BCUT2D eigenvalue weighted by molar-refractivity contribution is 8.02. The average Bonchev–Trinajstić information content (AvgIpc) is 3.61. The second kappa shape index (κ2) is 11.6. The molecule has 0 radical (unpaired) electrons. The highest BCUT2D eigenvalue weighted by atomic mass is 32.2. The summed E-state index contributed by atoms with van der Waals surface area (Å²) in [5.74, 6) is 0.794. The van der Waals surface area contributed by atoms with Gasteiger partial charge in [0.05, 0.1) is 0 Å². The minimum Gasteiger partial charge on any atom is -0.222 e. The van der Waals surface area contributed by atoms with Gasteiger partial charge >= 0.3 is 0 Å². The van der Waals surface area contributed by atoms with Crippen LogP contribution in [0.3, 0.4) is 0 Å². The molecule has 3 aliphatic heterocycles. The van der Waals surface area contributed by atoms with E-state index in [1.807, 2.05) is 35.3 Å². The van der Waals surface area contributed by atoms with E-state index in [0.717, 1.165) is 27.9 Å². The third kappa shape index (κ3) is 4.59. The third-order valence-corrected chi connectivity index (χ3v) is 14.5. The van der Waals surface area contributed by atoms with Gasteiger partial charge in [-0.25, -0.2) is 9.97 Å². The lowest BCUT2D eigenvalue weighted by molar-refractivity contribution is 0.995. The van der Waals surface area contributed by atoms with Crippen molar-refractivity contribution in [3.8, 4) is 55.9 Å². The van der Waals surface area contributed by atoms with Crippen LogP contribution in [0.2, 0.25) is 0 Å². The van der Waals surface area contributed by atoms with Gasteiger partial charge in [-0.2, -0.15) is 0 Å². The molecule has 0 fully saturated rings. The molecular formula is C47H27BN2S3. The zero-order valence-corrected chi connectivity index (χ0v) is 30.8. The second-order valence-electron chi connectivity index (χ2n) is 14.0. The molecule has 0 spiro atoms. The van der Waals surface area contributed by atoms with Gasteiger partial charge in [-0.15, -0.1) is 0 Å². The fraction of sp³-hybridized carbons (Fsp3) is 0.0213. The van der Waals surface area contributed by atoms with E-state index in [9.17, 15) is 0 Å². The summed E-state index contributed by atoms with van der Waals surface area (Å²) < 4.78 is 0. The van der Waals surface area contributed by atoms with Crippen molar-refractivity contribution >= 4 is 58.4 Å². The van der Waals surface area contributed by atoms with Crippen molar-refractivity contribution in [2.24, 2.45) is 0 Å². The van der Waals surface area contributed by atoms with E-state index in [4.69, 9.17) is 9.97 Å². The Kier molecular flexibility index (Phi) is 6.62. The maximum absolute atomic E-state index is 5.34. The van der Waals surface area contributed by atoms with E-state index in [1.54, 1.807) is 0 Å². The molecule has 0 atom stereocenters. The summed E-state index contributed by atoms with van der Waals surface area (Å²) in [6.45, 7) is 0.196. The van der Waals surface area contributed by atoms with Crippen molar-refractivity contribution in [3.05, 3.63) is 163 Å². The zero-order chi connectivity index (χ0) is 34.6. The highest BCUT2D eigenvalue weighted by Gasteiger charge is 2.44. The van der Waals surface area contributed by atoms with Gasteiger partial charge in [0.15, 0.2) is 5.82 Å². The Labute approximate surface area is 321 Å². The number of hydrogen-bond acceptors (Lipinski definition) is 5. The van der Waals surface area contributed by atoms with Crippen LogP contribution >= 0.6 is 35.3 Å². The van der Waals surface area contributed by atoms with Crippen LogP contribution in [0.5, 0.6) is 0 Å². The lowest BCUT2D eigenvalue weighted by Gasteiger charge is -2.36. The first-order valence-corrected chi connectivity index (χ1v) is 20.4. The fourth-order valence-electron chi connectivity index (χ4n) is 8.77. The van der Waals surface area contributed by atoms with Crippen LogP contribution in [0.1, 0.15) is 11.1 Å². The number of hydrogen-bond donors (Lipinski definition) is 0. The standard InChI is InChI=1S/C47H27BN2S3/c1-2-9-27(10-3-1)28-21-23-29(24-22-28)32-13-5-15-34-35-16-6-14-33(37(35)26-36(32)34)30-11-4-12-31(25-30)45-49-46-44-47(50-45)53-41-20-8-18-39-43(41)48(44)42-38(51-39)17-7-19-40(42)52-46/h1-25H,26H2. The Balaban J connectivity index is 0.922. The summed E-state index contributed by atoms with van der Waals surface area (Å²) >= 11 is 5.52. The monoisotopic (exact) mass is 726 g/mol. The molecule has 53 heavy (non-hydrogen) atoms. The van der Waals surface area contributed by atoms with Gasteiger partial charge in [-0.3, -0.25) is 0 Å². The topological polar surface area (TPSA) is 25.8 Å². The number of nitrogens with zero attached hydrogens (tertiary/aromatic N) is 2. The smallest absolute Gasteiger partial charge is 0.222 e. The number of rotatable bonds is 4. The molecule has 1 aromatic heterocycles. The second-order valence-corrected chi connectivity index (χ2v) is 17.2. The van der Waals surface area contributed by atoms with E-state index in [0.29, 0.717) is 0 Å². The van der Waals surface area contributed by atoms with E-state index >= 15 is 0 Å². The summed E-state index contributed by atoms with van der Waals surface area (Å²) in [6.07, 6.45) is 0.900. The summed E-state index contributed by atoms with van der Waals surface area (Å²) in [5.41, 5.74) is 18.2. The molecule has 0 amide bonds. The van der Waals surface area contributed by atoms with Gasteiger partial charge in [0.1, 0.15) is 10.1 Å². The first kappa shape index (κ1) is 30.2. The Morgan fingerprint density at radius 3 is 1.49 bits per heavy atom. The summed E-state index contributed by atoms with van der Waals surface area (Å²) in [5, 5.41) is 2.18. The van der Waals surface area contributed by atoms with Crippen molar-refractivity contribution < 1.29 is 0 Å². The Morgan fingerprint density at radius 1 is 0.377 bits per heavy atom. The first-order chi connectivity index (χ1) is 26.2. The largest absolute Gasteiger partial charge is 0.254 e. The van der Waals surface area contributed by atoms with Crippen molar-refractivity contribution in [1.29, 1.82) is 0 Å². The predicted molar refractivity (Wildman–Crippen MR) is 222 cm³/mol. The predicted octanol–water partition coefficient (Wildman–Crippen LogP) is 10.6. The van der Waals surface area contributed by atoms with Crippen molar-refractivity contribution in [2.75, 3.05) is 0 Å². The molecule has 12 rings (SSSR count). The number of benzene rings is 7. The van der Waals surface area contributed by atoms with Crippen LogP contribution in [0, 0.1) is 0 Å². The van der Waals surface area contributed by atoms with Gasteiger partial charge in [0.2, 0.25) is 0 Å². The molecule has 0 saturated carbocycles. The van der Waals surface area contributed by atoms with Crippen LogP contribution in [-0.2, 0) is 6.42 Å². The molecule has 0 unspecified atom stereocenters. The van der Waals surface area contributed by atoms with Crippen molar-refractivity contribution in [2.45, 2.75) is 36.1 Å². The SMILES string of the molecule is c1ccc(-c2ccc(-c3cccc4c3Cc3c(-c5cccc(-c6nc7c8c(n6)Sc6cccc9c6B8c6c(cccc6S7)S9)c5)cccc3-4)cc2)cc1. The van der Waals surface area contributed by atoms with E-state index < -0.39 is 0 Å². The van der Waals surface area contributed by atoms with Gasteiger partial charge in [0, 0.05) is 25.1 Å². The maximum atomic E-state index is 5.34. The average molecular weight is 727 g/mol. The minimum absolute atomic E-state index is 0.196. The summed E-state index contributed by atoms with van der Waals surface area (Å²) in [7, 11) is 0. The molecule has 4 aliphatic rings. The maximum Gasteiger partial charge on any atom is 0.254 e. The number of fused-ring (bicyclic) bond motifs is 3. The molecule has 1 aliphatic carbocycles. The van der Waals surface area contributed by atoms with Gasteiger partial charge in [-0.1, -0.05) is 157 Å². The molecular weight excluding hydrogens is 700 g/mol. The Bertz CT molecular complexity index is 2770. The molecule has 6 heteroatoms. The fourth-order valence-corrected chi connectivity index (χ4v) is 12.5. The van der Waals surface area contributed by atoms with Crippen molar-refractivity contribution in [3.63, 3.8) is 0 Å². The van der Waals surface area contributed by atoms with Gasteiger partial charge in [0.25, 0.3) is 6.71 Å². The molecule has 246 valence electrons. The summed E-state index contributed by atoms with van der Waals surface area (Å²) in [4.78, 5) is 16.0. The molecule has 2 nitrogen and oxygen atoms in total. The summed E-state index contributed by atoms with van der Waals surface area (Å²) in [6, 6.07) is 55.6. The van der Waals surface area contributed by atoms with Crippen LogP contribution < -0.4 is 16.4 Å². The van der Waals surface area contributed by atoms with Crippen LogP contribution in [0.4, 0.5) is 0 Å². The quantitative estimate of drug-likeness (QED) is 0.133. The van der Waals surface area contributed by atoms with Crippen molar-refractivity contribution in [1.82, 2.24) is 9.97 Å². The van der Waals surface area contributed by atoms with Crippen LogP contribution in [0.25, 0.3) is 55.9 Å². The number of aromatic nitrogens is 2. The molecule has 4 heterocycles. The minimum atomic E-state index is 0.196. The van der Waals surface area contributed by atoms with Crippen LogP contribution in [0.15, 0.2) is 181 Å². The molecule has 0 N–H and O–H groups in total. The molecule has 0 saturated heterocycles. The molecule has 0 bridgehead atoms. The lowest BCUT2D eigenvalue weighted by atomic mass is 9.36. The first-order valence-electron chi connectivity index (χ1n) is 18.0. The van der Waals surface area contributed by atoms with E-state index in [-0.39, 0.29) is 6.71 Å². The van der Waals surface area contributed by atoms with E-state index in [1.165, 1.54) is 91.6 Å². The highest BCUT2D eigenvalue weighted by Crippen LogP contribution is 2.47. The van der Waals surface area contributed by atoms with Gasteiger partial charge < -0.3 is 0 Å². The van der Waals surface area contributed by atoms with E-state index in [2.05, 4.69) is 152 Å². The normalized spacial score (nSPS) is 13.7. The lowest BCUT2D eigenvalue weighted by Crippen LogP contribution is -2.61. The van der Waals surface area contributed by atoms with Crippen LogP contribution in [-0.4, -0.2) is 16.7 Å². The molecule has 7 aromatic carbocycles. The Hall–Kier alpha value is -5.27. The Morgan fingerprint density at radius 2 is 0.849 bits per heavy atom. The van der Waals surface area contributed by atoms with Gasteiger partial charge in [-0.05, 0) is 109 Å². The molecule has 8 aromatic rings. The third-order valence-electron chi connectivity index (χ3n) is 11.2. The zero-order valence-electron chi connectivity index (χ0n) is 28.3.